The van der Waals surface area contributed by atoms with Crippen molar-refractivity contribution in [2.45, 2.75) is 18.9 Å². The summed E-state index contributed by atoms with van der Waals surface area (Å²) >= 11 is 6.69. The van der Waals surface area contributed by atoms with Crippen LogP contribution in [0.25, 0.3) is 0 Å². The minimum Gasteiger partial charge on any atom is -0.488 e. The van der Waals surface area contributed by atoms with Gasteiger partial charge in [-0.1, -0.05) is 0 Å². The van der Waals surface area contributed by atoms with E-state index in [2.05, 4.69) is 36.8 Å². The first-order valence-corrected chi connectivity index (χ1v) is 5.32. The zero-order valence-electron chi connectivity index (χ0n) is 6.26. The van der Waals surface area contributed by atoms with E-state index in [0.717, 1.165) is 14.8 Å². The first-order chi connectivity index (χ1) is 5.75. The van der Waals surface area contributed by atoms with Crippen molar-refractivity contribution in [1.82, 2.24) is 4.98 Å². The number of ether oxygens (including phenoxy) is 1. The standard InChI is InChI=1S/C8H7Br2NO/c9-6-3-8(10)11-4-7(6)12-5-1-2-5/h3-5H,1-2H2. The summed E-state index contributed by atoms with van der Waals surface area (Å²) in [5.41, 5.74) is 0. The average Bonchev–Trinajstić information content (AvgIpc) is 2.79. The van der Waals surface area contributed by atoms with Crippen molar-refractivity contribution in [2.75, 3.05) is 0 Å². The first kappa shape index (κ1) is 8.51. The highest BCUT2D eigenvalue weighted by molar-refractivity contribution is 9.11. The molecule has 2 rings (SSSR count). The number of rotatable bonds is 2. The number of hydrogen-bond acceptors (Lipinski definition) is 2. The van der Waals surface area contributed by atoms with Crippen LogP contribution in [0.4, 0.5) is 0 Å². The summed E-state index contributed by atoms with van der Waals surface area (Å²) in [6.45, 7) is 0. The molecule has 1 aromatic heterocycles. The summed E-state index contributed by atoms with van der Waals surface area (Å²) in [7, 11) is 0. The van der Waals surface area contributed by atoms with Gasteiger partial charge in [0.2, 0.25) is 0 Å². The van der Waals surface area contributed by atoms with Gasteiger partial charge < -0.3 is 4.74 Å². The Labute approximate surface area is 87.6 Å². The van der Waals surface area contributed by atoms with Crippen LogP contribution in [0.1, 0.15) is 12.8 Å². The Morgan fingerprint density at radius 1 is 1.42 bits per heavy atom. The van der Waals surface area contributed by atoms with Gasteiger partial charge in [-0.2, -0.15) is 0 Å². The predicted octanol–water partition coefficient (Wildman–Crippen LogP) is 3.15. The third-order valence-electron chi connectivity index (χ3n) is 1.60. The minimum atomic E-state index is 0.421. The average molecular weight is 293 g/mol. The van der Waals surface area contributed by atoms with Crippen molar-refractivity contribution >= 4 is 31.9 Å². The summed E-state index contributed by atoms with van der Waals surface area (Å²) < 4.78 is 7.35. The largest absolute Gasteiger partial charge is 0.488 e. The fourth-order valence-corrected chi connectivity index (χ4v) is 1.90. The Hall–Kier alpha value is -0.0900. The van der Waals surface area contributed by atoms with Gasteiger partial charge in [-0.3, -0.25) is 0 Å². The predicted molar refractivity (Wildman–Crippen MR) is 53.3 cm³/mol. The van der Waals surface area contributed by atoms with E-state index in [4.69, 9.17) is 4.74 Å². The molecule has 0 N–H and O–H groups in total. The summed E-state index contributed by atoms with van der Waals surface area (Å²) in [6.07, 6.45) is 4.49. The van der Waals surface area contributed by atoms with E-state index >= 15 is 0 Å². The molecular formula is C8H7Br2NO. The number of halogens is 2. The molecular weight excluding hydrogens is 286 g/mol. The molecule has 0 unspecified atom stereocenters. The van der Waals surface area contributed by atoms with Gasteiger partial charge in [0, 0.05) is 0 Å². The molecule has 64 valence electrons. The van der Waals surface area contributed by atoms with E-state index in [0.29, 0.717) is 6.10 Å². The molecule has 1 aliphatic rings. The van der Waals surface area contributed by atoms with Gasteiger partial charge in [0.15, 0.2) is 5.75 Å². The molecule has 1 saturated carbocycles. The van der Waals surface area contributed by atoms with Gasteiger partial charge in [0.25, 0.3) is 0 Å². The molecule has 0 atom stereocenters. The molecule has 1 aromatic rings. The lowest BCUT2D eigenvalue weighted by Crippen LogP contribution is -1.97. The van der Waals surface area contributed by atoms with Crippen LogP contribution < -0.4 is 4.74 Å². The molecule has 1 fully saturated rings. The van der Waals surface area contributed by atoms with Crippen molar-refractivity contribution in [3.63, 3.8) is 0 Å². The summed E-state index contributed by atoms with van der Waals surface area (Å²) in [5.74, 6) is 0.834. The topological polar surface area (TPSA) is 22.1 Å². The number of hydrogen-bond donors (Lipinski definition) is 0. The second-order valence-electron chi connectivity index (χ2n) is 2.75. The second kappa shape index (κ2) is 3.34. The molecule has 0 radical (unpaired) electrons. The highest BCUT2D eigenvalue weighted by Gasteiger charge is 2.24. The van der Waals surface area contributed by atoms with Crippen molar-refractivity contribution in [3.05, 3.63) is 21.3 Å². The van der Waals surface area contributed by atoms with E-state index in [1.54, 1.807) is 6.20 Å². The number of aromatic nitrogens is 1. The van der Waals surface area contributed by atoms with E-state index in [-0.39, 0.29) is 0 Å². The summed E-state index contributed by atoms with van der Waals surface area (Å²) in [6, 6.07) is 1.89. The van der Waals surface area contributed by atoms with Crippen molar-refractivity contribution in [2.24, 2.45) is 0 Å². The lowest BCUT2D eigenvalue weighted by molar-refractivity contribution is 0.300. The monoisotopic (exact) mass is 291 g/mol. The third kappa shape index (κ3) is 1.98. The molecule has 12 heavy (non-hydrogen) atoms. The minimum absolute atomic E-state index is 0.421. The normalized spacial score (nSPS) is 16.2. The second-order valence-corrected chi connectivity index (χ2v) is 4.42. The maximum atomic E-state index is 5.58. The van der Waals surface area contributed by atoms with Crippen LogP contribution in [0.3, 0.4) is 0 Å². The van der Waals surface area contributed by atoms with Gasteiger partial charge in [-0.25, -0.2) is 4.98 Å². The maximum Gasteiger partial charge on any atom is 0.152 e. The SMILES string of the molecule is Brc1cc(Br)c(OC2CC2)cn1. The maximum absolute atomic E-state index is 5.58. The lowest BCUT2D eigenvalue weighted by atomic mass is 10.5. The molecule has 0 bridgehead atoms. The van der Waals surface area contributed by atoms with Crippen molar-refractivity contribution in [1.29, 1.82) is 0 Å². The quantitative estimate of drug-likeness (QED) is 0.781. The van der Waals surface area contributed by atoms with Crippen LogP contribution in [-0.4, -0.2) is 11.1 Å². The molecule has 4 heteroatoms. The zero-order chi connectivity index (χ0) is 8.55. The fourth-order valence-electron chi connectivity index (χ4n) is 0.847. The molecule has 0 saturated heterocycles. The highest BCUT2D eigenvalue weighted by atomic mass is 79.9. The Morgan fingerprint density at radius 3 is 2.75 bits per heavy atom. The molecule has 0 aliphatic heterocycles. The van der Waals surface area contributed by atoms with Gasteiger partial charge in [-0.05, 0) is 50.8 Å². The number of nitrogens with zero attached hydrogens (tertiary/aromatic N) is 1. The highest BCUT2D eigenvalue weighted by Crippen LogP contribution is 2.32. The Bertz CT molecular complexity index is 299. The summed E-state index contributed by atoms with van der Waals surface area (Å²) in [5, 5.41) is 0. The molecule has 1 aliphatic carbocycles. The fraction of sp³-hybridized carbons (Fsp3) is 0.375. The molecule has 2 nitrogen and oxygen atoms in total. The van der Waals surface area contributed by atoms with Crippen LogP contribution in [0.15, 0.2) is 21.3 Å². The van der Waals surface area contributed by atoms with E-state index < -0.39 is 0 Å². The number of pyridine rings is 1. The Kier molecular flexibility index (Phi) is 2.37. The Morgan fingerprint density at radius 2 is 2.17 bits per heavy atom. The van der Waals surface area contributed by atoms with E-state index in [9.17, 15) is 0 Å². The van der Waals surface area contributed by atoms with Crippen LogP contribution in [0.2, 0.25) is 0 Å². The van der Waals surface area contributed by atoms with Crippen molar-refractivity contribution < 1.29 is 4.74 Å². The zero-order valence-corrected chi connectivity index (χ0v) is 9.43. The Balaban J connectivity index is 2.18. The van der Waals surface area contributed by atoms with Gasteiger partial charge in [-0.15, -0.1) is 0 Å². The van der Waals surface area contributed by atoms with Gasteiger partial charge >= 0.3 is 0 Å². The van der Waals surface area contributed by atoms with Crippen LogP contribution in [0.5, 0.6) is 5.75 Å². The third-order valence-corrected chi connectivity index (χ3v) is 2.66. The van der Waals surface area contributed by atoms with Crippen molar-refractivity contribution in [3.8, 4) is 5.75 Å². The van der Waals surface area contributed by atoms with Gasteiger partial charge in [0.1, 0.15) is 4.60 Å². The van der Waals surface area contributed by atoms with E-state index in [1.807, 2.05) is 6.07 Å². The van der Waals surface area contributed by atoms with Crippen LogP contribution in [-0.2, 0) is 0 Å². The summed E-state index contributed by atoms with van der Waals surface area (Å²) in [4.78, 5) is 4.08. The molecule has 1 heterocycles. The van der Waals surface area contributed by atoms with Gasteiger partial charge in [0.05, 0.1) is 16.8 Å². The van der Waals surface area contributed by atoms with Crippen LogP contribution >= 0.6 is 31.9 Å². The lowest BCUT2D eigenvalue weighted by Gasteiger charge is -2.05. The van der Waals surface area contributed by atoms with Crippen LogP contribution in [0, 0.1) is 0 Å². The van der Waals surface area contributed by atoms with E-state index in [1.165, 1.54) is 12.8 Å². The smallest absolute Gasteiger partial charge is 0.152 e. The first-order valence-electron chi connectivity index (χ1n) is 3.73. The molecule has 0 amide bonds. The molecule has 0 spiro atoms. The molecule has 0 aromatic carbocycles.